The van der Waals surface area contributed by atoms with E-state index in [0.29, 0.717) is 30.5 Å². The van der Waals surface area contributed by atoms with Gasteiger partial charge in [0.15, 0.2) is 6.29 Å². The van der Waals surface area contributed by atoms with E-state index < -0.39 is 12.3 Å². The zero-order valence-corrected chi connectivity index (χ0v) is 20.2. The van der Waals surface area contributed by atoms with Gasteiger partial charge in [-0.1, -0.05) is 26.0 Å². The van der Waals surface area contributed by atoms with Crippen molar-refractivity contribution in [2.75, 3.05) is 6.54 Å². The summed E-state index contributed by atoms with van der Waals surface area (Å²) in [6.45, 7) is 9.75. The van der Waals surface area contributed by atoms with Crippen molar-refractivity contribution < 1.29 is 19.1 Å². The predicted octanol–water partition coefficient (Wildman–Crippen LogP) is 2.82. The fourth-order valence-electron chi connectivity index (χ4n) is 6.80. The number of amides is 2. The minimum Gasteiger partial charge on any atom is -0.344 e. The molecule has 7 nitrogen and oxygen atoms in total. The smallest absolute Gasteiger partial charge is 0.251 e. The number of nitrogens with one attached hydrogen (secondary N) is 1. The molecule has 0 aromatic heterocycles. The molecule has 2 amide bonds. The van der Waals surface area contributed by atoms with Crippen molar-refractivity contribution in [3.63, 3.8) is 0 Å². The number of hydrogen-bond donors (Lipinski definition) is 2. The van der Waals surface area contributed by atoms with E-state index in [9.17, 15) is 9.59 Å². The Morgan fingerprint density at radius 3 is 2.61 bits per heavy atom. The number of carbonyl (C=O) groups is 2. The maximum atomic E-state index is 13.3. The average Bonchev–Trinajstić information content (AvgIpc) is 3.42. The minimum atomic E-state index is -0.627. The third kappa shape index (κ3) is 3.60. The van der Waals surface area contributed by atoms with E-state index in [1.54, 1.807) is 19.1 Å². The lowest BCUT2D eigenvalue weighted by Gasteiger charge is -2.63. The lowest BCUT2D eigenvalue weighted by Crippen LogP contribution is -2.65. The number of likely N-dealkylation sites (tertiary alicyclic amines) is 1. The van der Waals surface area contributed by atoms with Gasteiger partial charge in [0.25, 0.3) is 5.91 Å². The lowest BCUT2D eigenvalue weighted by molar-refractivity contribution is -0.212. The first-order valence-corrected chi connectivity index (χ1v) is 12.4. The number of benzene rings is 1. The van der Waals surface area contributed by atoms with E-state index in [1.807, 2.05) is 17.0 Å². The van der Waals surface area contributed by atoms with Gasteiger partial charge in [0.05, 0.1) is 17.7 Å². The number of hydrogen-bond acceptors (Lipinski definition) is 5. The Morgan fingerprint density at radius 1 is 1.21 bits per heavy atom. The van der Waals surface area contributed by atoms with Gasteiger partial charge in [-0.3, -0.25) is 9.59 Å². The van der Waals surface area contributed by atoms with Crippen LogP contribution in [0, 0.1) is 17.3 Å². The summed E-state index contributed by atoms with van der Waals surface area (Å²) in [5.41, 5.74) is 7.11. The van der Waals surface area contributed by atoms with Crippen LogP contribution >= 0.6 is 0 Å². The Balaban J connectivity index is 1.24. The first-order chi connectivity index (χ1) is 15.6. The highest BCUT2D eigenvalue weighted by atomic mass is 16.7. The van der Waals surface area contributed by atoms with Gasteiger partial charge in [0.2, 0.25) is 5.91 Å². The highest BCUT2D eigenvalue weighted by Gasteiger charge is 2.68. The van der Waals surface area contributed by atoms with Gasteiger partial charge in [0.1, 0.15) is 6.04 Å². The van der Waals surface area contributed by atoms with Crippen LogP contribution in [0.15, 0.2) is 24.3 Å². The second-order valence-corrected chi connectivity index (χ2v) is 11.2. The molecule has 5 aliphatic rings. The minimum absolute atomic E-state index is 0.0821. The quantitative estimate of drug-likeness (QED) is 0.712. The molecule has 3 N–H and O–H groups in total. The molecule has 180 valence electrons. The molecule has 0 radical (unpaired) electrons. The van der Waals surface area contributed by atoms with E-state index in [2.05, 4.69) is 26.1 Å². The van der Waals surface area contributed by atoms with Gasteiger partial charge in [-0.25, -0.2) is 0 Å². The highest BCUT2D eigenvalue weighted by Crippen LogP contribution is 2.66. The Labute approximate surface area is 196 Å². The Morgan fingerprint density at radius 2 is 1.94 bits per heavy atom. The molecular weight excluding hydrogens is 418 g/mol. The van der Waals surface area contributed by atoms with Crippen molar-refractivity contribution in [3.8, 4) is 0 Å². The van der Waals surface area contributed by atoms with Gasteiger partial charge in [-0.15, -0.1) is 0 Å². The number of nitrogens with zero attached hydrogens (tertiary/aromatic N) is 1. The van der Waals surface area contributed by atoms with Crippen LogP contribution in [0.1, 0.15) is 69.3 Å². The third-order valence-corrected chi connectivity index (χ3v) is 9.04. The second kappa shape index (κ2) is 8.07. The van der Waals surface area contributed by atoms with E-state index in [0.717, 1.165) is 24.8 Å². The van der Waals surface area contributed by atoms with Gasteiger partial charge < -0.3 is 25.4 Å². The topological polar surface area (TPSA) is 93.9 Å². The largest absolute Gasteiger partial charge is 0.344 e. The zero-order chi connectivity index (χ0) is 23.5. The monoisotopic (exact) mass is 455 g/mol. The van der Waals surface area contributed by atoms with E-state index in [1.165, 1.54) is 6.42 Å². The summed E-state index contributed by atoms with van der Waals surface area (Å²) >= 11 is 0. The van der Waals surface area contributed by atoms with Crippen LogP contribution in [0.5, 0.6) is 0 Å². The van der Waals surface area contributed by atoms with Crippen LogP contribution in [0.25, 0.3) is 0 Å². The molecule has 2 saturated heterocycles. The molecular formula is C26H37N3O4. The van der Waals surface area contributed by atoms with E-state index >= 15 is 0 Å². The summed E-state index contributed by atoms with van der Waals surface area (Å²) in [5.74, 6) is 0.844. The SMILES string of the molecule is C[C@@H](NC(=O)c1ccc(CN)cc1)C(=O)N1CCC[C@H]1C1O[C@@H]2CC3C[C@@H](C3(C)C)[C@]2(C)O1. The van der Waals surface area contributed by atoms with Gasteiger partial charge >= 0.3 is 0 Å². The van der Waals surface area contributed by atoms with Crippen molar-refractivity contribution in [1.82, 2.24) is 10.2 Å². The summed E-state index contributed by atoms with van der Waals surface area (Å²) in [7, 11) is 0. The molecule has 7 atom stereocenters. The highest BCUT2D eigenvalue weighted by molar-refractivity contribution is 5.97. The predicted molar refractivity (Wildman–Crippen MR) is 124 cm³/mol. The van der Waals surface area contributed by atoms with Crippen LogP contribution < -0.4 is 11.1 Å². The molecule has 3 saturated carbocycles. The fraction of sp³-hybridized carbons (Fsp3) is 0.692. The molecule has 0 spiro atoms. The fourth-order valence-corrected chi connectivity index (χ4v) is 6.80. The van der Waals surface area contributed by atoms with Crippen molar-refractivity contribution >= 4 is 11.8 Å². The van der Waals surface area contributed by atoms with Crippen LogP contribution in [-0.4, -0.2) is 53.3 Å². The summed E-state index contributed by atoms with van der Waals surface area (Å²) in [5, 5.41) is 2.86. The van der Waals surface area contributed by atoms with Crippen molar-refractivity contribution in [1.29, 1.82) is 0 Å². The summed E-state index contributed by atoms with van der Waals surface area (Å²) in [4.78, 5) is 27.9. The van der Waals surface area contributed by atoms with Crippen molar-refractivity contribution in [2.24, 2.45) is 23.0 Å². The first kappa shape index (κ1) is 22.8. The third-order valence-electron chi connectivity index (χ3n) is 9.04. The second-order valence-electron chi connectivity index (χ2n) is 11.2. The molecule has 2 heterocycles. The van der Waals surface area contributed by atoms with Crippen LogP contribution in [-0.2, 0) is 20.8 Å². The van der Waals surface area contributed by atoms with Crippen LogP contribution in [0.4, 0.5) is 0 Å². The Hall–Kier alpha value is -1.96. The molecule has 1 aromatic carbocycles. The van der Waals surface area contributed by atoms with Gasteiger partial charge in [0, 0.05) is 18.7 Å². The molecule has 2 aliphatic heterocycles. The summed E-state index contributed by atoms with van der Waals surface area (Å²) in [6.07, 6.45) is 3.72. The van der Waals surface area contributed by atoms with E-state index in [-0.39, 0.29) is 35.0 Å². The molecule has 5 fully saturated rings. The Bertz CT molecular complexity index is 932. The van der Waals surface area contributed by atoms with Crippen LogP contribution in [0.3, 0.4) is 0 Å². The Kier molecular flexibility index (Phi) is 5.58. The van der Waals surface area contributed by atoms with Crippen LogP contribution in [0.2, 0.25) is 0 Å². The standard InChI is InChI=1S/C26H37N3O4/c1-15(28-22(30)17-9-7-16(14-27)8-10-17)23(31)29-11-5-6-19(29)24-32-21-13-18-12-20(25(18,2)3)26(21,4)33-24/h7-10,15,18-21,24H,5-6,11-14,27H2,1-4H3,(H,28,30)/t15-,18?,19+,20+,21-,24?,26+/m1/s1. The van der Waals surface area contributed by atoms with Gasteiger partial charge in [-0.05, 0) is 74.5 Å². The van der Waals surface area contributed by atoms with Crippen molar-refractivity contribution in [2.45, 2.75) is 90.0 Å². The zero-order valence-electron chi connectivity index (χ0n) is 20.2. The molecule has 1 aromatic rings. The van der Waals surface area contributed by atoms with Crippen molar-refractivity contribution in [3.05, 3.63) is 35.4 Å². The maximum Gasteiger partial charge on any atom is 0.251 e. The average molecular weight is 456 g/mol. The molecule has 6 rings (SSSR count). The maximum absolute atomic E-state index is 13.3. The van der Waals surface area contributed by atoms with E-state index in [4.69, 9.17) is 15.2 Å². The molecule has 3 aliphatic carbocycles. The first-order valence-electron chi connectivity index (χ1n) is 12.4. The van der Waals surface area contributed by atoms with Gasteiger partial charge in [-0.2, -0.15) is 0 Å². The molecule has 7 heteroatoms. The number of carbonyl (C=O) groups excluding carboxylic acids is 2. The normalized spacial score (nSPS) is 37.2. The molecule has 2 bridgehead atoms. The lowest BCUT2D eigenvalue weighted by atomic mass is 9.43. The summed E-state index contributed by atoms with van der Waals surface area (Å²) in [6, 6.07) is 6.41. The number of rotatable bonds is 5. The molecule has 2 unspecified atom stereocenters. The number of nitrogens with two attached hydrogens (primary N) is 1. The molecule has 33 heavy (non-hydrogen) atoms. The summed E-state index contributed by atoms with van der Waals surface area (Å²) < 4.78 is 13.1. The number of ether oxygens (including phenoxy) is 2.